The SMILES string of the molecule is CNC(=O)C1CCCN(c2nc3c(F)cccc3s2)C1. The number of hydrogen-bond acceptors (Lipinski definition) is 4. The molecule has 0 bridgehead atoms. The Balaban J connectivity index is 1.87. The number of fused-ring (bicyclic) bond motifs is 1. The van der Waals surface area contributed by atoms with E-state index in [2.05, 4.69) is 15.2 Å². The number of carbonyl (C=O) groups excluding carboxylic acids is 1. The third kappa shape index (κ3) is 2.35. The fourth-order valence-corrected chi connectivity index (χ4v) is 3.62. The molecule has 1 unspecified atom stereocenters. The number of halogens is 1. The molecule has 1 N–H and O–H groups in total. The average Bonchev–Trinajstić information content (AvgIpc) is 2.92. The molecule has 3 rings (SSSR count). The van der Waals surface area contributed by atoms with Crippen LogP contribution in [0.15, 0.2) is 18.2 Å². The summed E-state index contributed by atoms with van der Waals surface area (Å²) in [6, 6.07) is 5.00. The molecule has 6 heteroatoms. The first-order valence-electron chi connectivity index (χ1n) is 6.70. The summed E-state index contributed by atoms with van der Waals surface area (Å²) in [6.07, 6.45) is 1.85. The van der Waals surface area contributed by atoms with Crippen LogP contribution in [0.1, 0.15) is 12.8 Å². The van der Waals surface area contributed by atoms with Gasteiger partial charge in [0.25, 0.3) is 0 Å². The first-order chi connectivity index (χ1) is 9.69. The number of carbonyl (C=O) groups is 1. The average molecular weight is 293 g/mol. The van der Waals surface area contributed by atoms with E-state index in [1.165, 1.54) is 17.4 Å². The van der Waals surface area contributed by atoms with Crippen LogP contribution in [-0.4, -0.2) is 31.0 Å². The molecule has 1 saturated heterocycles. The van der Waals surface area contributed by atoms with E-state index in [4.69, 9.17) is 0 Å². The van der Waals surface area contributed by atoms with Crippen molar-refractivity contribution in [3.05, 3.63) is 24.0 Å². The van der Waals surface area contributed by atoms with Crippen molar-refractivity contribution in [3.63, 3.8) is 0 Å². The van der Waals surface area contributed by atoms with Crippen LogP contribution in [0, 0.1) is 11.7 Å². The number of anilines is 1. The molecule has 0 saturated carbocycles. The highest BCUT2D eigenvalue weighted by Crippen LogP contribution is 2.32. The Labute approximate surface area is 120 Å². The second kappa shape index (κ2) is 5.36. The van der Waals surface area contributed by atoms with Crippen molar-refractivity contribution in [2.45, 2.75) is 12.8 Å². The fraction of sp³-hybridized carbons (Fsp3) is 0.429. The van der Waals surface area contributed by atoms with Crippen LogP contribution in [0.2, 0.25) is 0 Å². The van der Waals surface area contributed by atoms with Gasteiger partial charge < -0.3 is 10.2 Å². The lowest BCUT2D eigenvalue weighted by Gasteiger charge is -2.31. The smallest absolute Gasteiger partial charge is 0.224 e. The molecule has 2 aromatic rings. The number of aromatic nitrogens is 1. The van der Waals surface area contributed by atoms with Crippen LogP contribution in [0.3, 0.4) is 0 Å². The molecule has 20 heavy (non-hydrogen) atoms. The largest absolute Gasteiger partial charge is 0.359 e. The number of benzene rings is 1. The molecule has 1 aliphatic heterocycles. The second-order valence-corrected chi connectivity index (χ2v) is 5.99. The molecule has 1 atom stereocenters. The number of amides is 1. The van der Waals surface area contributed by atoms with Crippen molar-refractivity contribution >= 4 is 32.6 Å². The first kappa shape index (κ1) is 13.3. The molecule has 1 aliphatic rings. The van der Waals surface area contributed by atoms with E-state index >= 15 is 0 Å². The number of thiazole rings is 1. The highest BCUT2D eigenvalue weighted by molar-refractivity contribution is 7.22. The van der Waals surface area contributed by atoms with Gasteiger partial charge in [0.05, 0.1) is 10.6 Å². The predicted octanol–water partition coefficient (Wildman–Crippen LogP) is 2.40. The molecule has 1 aromatic carbocycles. The molecule has 0 spiro atoms. The maximum atomic E-state index is 13.7. The molecule has 1 fully saturated rings. The summed E-state index contributed by atoms with van der Waals surface area (Å²) in [5.74, 6) is -0.225. The highest BCUT2D eigenvalue weighted by Gasteiger charge is 2.26. The highest BCUT2D eigenvalue weighted by atomic mass is 32.1. The van der Waals surface area contributed by atoms with Gasteiger partial charge in [-0.1, -0.05) is 17.4 Å². The number of hydrogen-bond donors (Lipinski definition) is 1. The van der Waals surface area contributed by atoms with Crippen molar-refractivity contribution in [1.82, 2.24) is 10.3 Å². The van der Waals surface area contributed by atoms with Gasteiger partial charge in [-0.3, -0.25) is 4.79 Å². The van der Waals surface area contributed by atoms with Crippen LogP contribution in [0.4, 0.5) is 9.52 Å². The van der Waals surface area contributed by atoms with E-state index in [1.54, 1.807) is 13.1 Å². The maximum absolute atomic E-state index is 13.7. The summed E-state index contributed by atoms with van der Waals surface area (Å²) < 4.78 is 14.5. The Morgan fingerprint density at radius 2 is 2.40 bits per heavy atom. The molecule has 2 heterocycles. The van der Waals surface area contributed by atoms with E-state index in [-0.39, 0.29) is 17.6 Å². The van der Waals surface area contributed by atoms with E-state index in [9.17, 15) is 9.18 Å². The minimum atomic E-state index is -0.287. The van der Waals surface area contributed by atoms with Gasteiger partial charge in [0.1, 0.15) is 11.3 Å². The zero-order valence-corrected chi connectivity index (χ0v) is 12.0. The van der Waals surface area contributed by atoms with E-state index < -0.39 is 0 Å². The van der Waals surface area contributed by atoms with Crippen LogP contribution < -0.4 is 10.2 Å². The number of para-hydroxylation sites is 1. The predicted molar refractivity (Wildman–Crippen MR) is 78.6 cm³/mol. The van der Waals surface area contributed by atoms with Gasteiger partial charge in [-0.2, -0.15) is 0 Å². The molecule has 1 amide bonds. The van der Waals surface area contributed by atoms with E-state index in [0.717, 1.165) is 29.2 Å². The zero-order valence-electron chi connectivity index (χ0n) is 11.2. The Morgan fingerprint density at radius 1 is 1.55 bits per heavy atom. The van der Waals surface area contributed by atoms with Gasteiger partial charge in [0.15, 0.2) is 5.13 Å². The van der Waals surface area contributed by atoms with Gasteiger partial charge in [-0.15, -0.1) is 0 Å². The van der Waals surface area contributed by atoms with E-state index in [1.807, 2.05) is 6.07 Å². The standard InChI is InChI=1S/C14H16FN3OS/c1-16-13(19)9-4-3-7-18(8-9)14-17-12-10(15)5-2-6-11(12)20-14/h2,5-6,9H,3-4,7-8H2,1H3,(H,16,19). The molecule has 0 aliphatic carbocycles. The number of nitrogens with one attached hydrogen (secondary N) is 1. The number of rotatable bonds is 2. The van der Waals surface area contributed by atoms with E-state index in [0.29, 0.717) is 12.1 Å². The lowest BCUT2D eigenvalue weighted by molar-refractivity contribution is -0.124. The third-order valence-electron chi connectivity index (χ3n) is 3.67. The van der Waals surface area contributed by atoms with Crippen molar-refractivity contribution < 1.29 is 9.18 Å². The maximum Gasteiger partial charge on any atom is 0.224 e. The van der Waals surface area contributed by atoms with Crippen LogP contribution in [-0.2, 0) is 4.79 Å². The van der Waals surface area contributed by atoms with Crippen molar-refractivity contribution in [1.29, 1.82) is 0 Å². The molecular formula is C14H16FN3OS. The van der Waals surface area contributed by atoms with Gasteiger partial charge in [-0.05, 0) is 25.0 Å². The molecule has 1 aromatic heterocycles. The van der Waals surface area contributed by atoms with Crippen LogP contribution >= 0.6 is 11.3 Å². The van der Waals surface area contributed by atoms with Crippen molar-refractivity contribution in [3.8, 4) is 0 Å². The number of nitrogens with zero attached hydrogens (tertiary/aromatic N) is 2. The minimum Gasteiger partial charge on any atom is -0.359 e. The summed E-state index contributed by atoms with van der Waals surface area (Å²) in [6.45, 7) is 1.52. The summed E-state index contributed by atoms with van der Waals surface area (Å²) in [5.41, 5.74) is 0.426. The summed E-state index contributed by atoms with van der Waals surface area (Å²) in [4.78, 5) is 18.2. The third-order valence-corrected chi connectivity index (χ3v) is 4.75. The van der Waals surface area contributed by atoms with Gasteiger partial charge in [0, 0.05) is 20.1 Å². The topological polar surface area (TPSA) is 45.2 Å². The second-order valence-electron chi connectivity index (χ2n) is 4.98. The van der Waals surface area contributed by atoms with Gasteiger partial charge in [0.2, 0.25) is 5.91 Å². The Bertz CT molecular complexity index is 642. The Morgan fingerprint density at radius 3 is 3.15 bits per heavy atom. The summed E-state index contributed by atoms with van der Waals surface area (Å²) >= 11 is 1.48. The number of piperidine rings is 1. The summed E-state index contributed by atoms with van der Waals surface area (Å²) in [7, 11) is 1.66. The normalized spacial score (nSPS) is 19.3. The Kier molecular flexibility index (Phi) is 3.56. The first-order valence-corrected chi connectivity index (χ1v) is 7.52. The Hall–Kier alpha value is -1.69. The van der Waals surface area contributed by atoms with Gasteiger partial charge >= 0.3 is 0 Å². The minimum absolute atomic E-state index is 0.00870. The fourth-order valence-electron chi connectivity index (χ4n) is 2.61. The summed E-state index contributed by atoms with van der Waals surface area (Å²) in [5, 5.41) is 3.50. The molecule has 4 nitrogen and oxygen atoms in total. The molecular weight excluding hydrogens is 277 g/mol. The lowest BCUT2D eigenvalue weighted by atomic mass is 9.98. The van der Waals surface area contributed by atoms with Gasteiger partial charge in [-0.25, -0.2) is 9.37 Å². The van der Waals surface area contributed by atoms with Crippen LogP contribution in [0.25, 0.3) is 10.2 Å². The zero-order chi connectivity index (χ0) is 14.1. The van der Waals surface area contributed by atoms with Crippen molar-refractivity contribution in [2.75, 3.05) is 25.0 Å². The lowest BCUT2D eigenvalue weighted by Crippen LogP contribution is -2.42. The quantitative estimate of drug-likeness (QED) is 0.925. The van der Waals surface area contributed by atoms with Crippen molar-refractivity contribution in [2.24, 2.45) is 5.92 Å². The molecule has 106 valence electrons. The molecule has 0 radical (unpaired) electrons. The monoisotopic (exact) mass is 293 g/mol. The van der Waals surface area contributed by atoms with Crippen LogP contribution in [0.5, 0.6) is 0 Å².